The number of anilines is 2. The van der Waals surface area contributed by atoms with Crippen LogP contribution in [-0.2, 0) is 0 Å². The lowest BCUT2D eigenvalue weighted by atomic mass is 10.2. The van der Waals surface area contributed by atoms with Gasteiger partial charge in [0.05, 0.1) is 5.69 Å². The second-order valence-electron chi connectivity index (χ2n) is 5.81. The summed E-state index contributed by atoms with van der Waals surface area (Å²) in [7, 11) is 0. The van der Waals surface area contributed by atoms with Gasteiger partial charge in [0.15, 0.2) is 0 Å². The minimum absolute atomic E-state index is 0.427. The number of hydrogen-bond donors (Lipinski definition) is 1. The first-order chi connectivity index (χ1) is 12.9. The standard InChI is InChI=1S/C14H11Cl2NO2.C7H9N/c1-10-7-8-11(9-13(10)15)17(16)14(18)19-12-5-3-2-4-6-12;1-6-2-4-7(8)5-3-6/h2-9H,1H3;2-5H,8H2,1H3. The molecule has 6 heteroatoms. The summed E-state index contributed by atoms with van der Waals surface area (Å²) < 4.78 is 6.00. The summed E-state index contributed by atoms with van der Waals surface area (Å²) >= 11 is 11.9. The highest BCUT2D eigenvalue weighted by molar-refractivity contribution is 6.36. The molecule has 0 heterocycles. The maximum Gasteiger partial charge on any atom is 0.434 e. The fourth-order valence-corrected chi connectivity index (χ4v) is 2.32. The lowest BCUT2D eigenvalue weighted by Gasteiger charge is -2.14. The van der Waals surface area contributed by atoms with Crippen LogP contribution in [0.2, 0.25) is 5.02 Å². The molecule has 0 bridgehead atoms. The fourth-order valence-electron chi connectivity index (χ4n) is 2.01. The predicted octanol–water partition coefficient (Wildman–Crippen LogP) is 6.38. The third-order valence-corrected chi connectivity index (χ3v) is 4.31. The second-order valence-corrected chi connectivity index (χ2v) is 6.55. The first-order valence-corrected chi connectivity index (χ1v) is 8.89. The maximum atomic E-state index is 11.8. The summed E-state index contributed by atoms with van der Waals surface area (Å²) in [6, 6.07) is 21.6. The van der Waals surface area contributed by atoms with E-state index in [0.29, 0.717) is 16.5 Å². The largest absolute Gasteiger partial charge is 0.434 e. The summed E-state index contributed by atoms with van der Waals surface area (Å²) in [5.74, 6) is 0.427. The van der Waals surface area contributed by atoms with Crippen LogP contribution in [0, 0.1) is 13.8 Å². The Labute approximate surface area is 169 Å². The van der Waals surface area contributed by atoms with Gasteiger partial charge in [-0.25, -0.2) is 4.79 Å². The summed E-state index contributed by atoms with van der Waals surface area (Å²) in [4.78, 5) is 11.8. The topological polar surface area (TPSA) is 55.6 Å². The van der Waals surface area contributed by atoms with E-state index >= 15 is 0 Å². The van der Waals surface area contributed by atoms with Gasteiger partial charge in [0, 0.05) is 22.5 Å². The van der Waals surface area contributed by atoms with Gasteiger partial charge in [-0.1, -0.05) is 53.6 Å². The highest BCUT2D eigenvalue weighted by Gasteiger charge is 2.16. The molecule has 140 valence electrons. The van der Waals surface area contributed by atoms with Crippen molar-refractivity contribution >= 4 is 40.8 Å². The Bertz CT molecular complexity index is 863. The van der Waals surface area contributed by atoms with E-state index < -0.39 is 6.09 Å². The molecule has 0 fully saturated rings. The molecule has 0 aromatic heterocycles. The van der Waals surface area contributed by atoms with E-state index in [2.05, 4.69) is 0 Å². The maximum absolute atomic E-state index is 11.8. The van der Waals surface area contributed by atoms with Crippen LogP contribution in [0.15, 0.2) is 72.8 Å². The number of nitrogens with two attached hydrogens (primary N) is 1. The average Bonchev–Trinajstić information content (AvgIpc) is 2.67. The van der Waals surface area contributed by atoms with Crippen molar-refractivity contribution in [2.75, 3.05) is 10.2 Å². The number of para-hydroxylation sites is 1. The second kappa shape index (κ2) is 9.86. The lowest BCUT2D eigenvalue weighted by molar-refractivity contribution is 0.212. The van der Waals surface area contributed by atoms with Gasteiger partial charge in [0.25, 0.3) is 0 Å². The van der Waals surface area contributed by atoms with Crippen LogP contribution >= 0.6 is 23.4 Å². The molecule has 3 aromatic rings. The molecule has 0 aliphatic rings. The van der Waals surface area contributed by atoms with Crippen LogP contribution in [0.4, 0.5) is 16.2 Å². The number of aryl methyl sites for hydroxylation is 2. The number of nitrogen functional groups attached to an aromatic ring is 1. The zero-order valence-corrected chi connectivity index (χ0v) is 16.5. The number of benzene rings is 3. The minimum Gasteiger partial charge on any atom is -0.409 e. The van der Waals surface area contributed by atoms with E-state index in [4.69, 9.17) is 33.8 Å². The summed E-state index contributed by atoms with van der Waals surface area (Å²) in [6.45, 7) is 3.91. The molecule has 3 rings (SSSR count). The normalized spacial score (nSPS) is 9.78. The third-order valence-electron chi connectivity index (χ3n) is 3.57. The molecule has 0 unspecified atom stereocenters. The molecular formula is C21H20Cl2N2O2. The zero-order valence-electron chi connectivity index (χ0n) is 15.0. The number of rotatable bonds is 2. The van der Waals surface area contributed by atoms with Crippen LogP contribution in [-0.4, -0.2) is 6.09 Å². The Hall–Kier alpha value is -2.69. The Morgan fingerprint density at radius 2 is 1.59 bits per heavy atom. The first-order valence-electron chi connectivity index (χ1n) is 8.18. The molecule has 0 spiro atoms. The van der Waals surface area contributed by atoms with Crippen molar-refractivity contribution in [1.82, 2.24) is 0 Å². The Balaban J connectivity index is 0.000000273. The number of amides is 1. The first kappa shape index (κ1) is 20.6. The summed E-state index contributed by atoms with van der Waals surface area (Å²) in [5, 5.41) is 0.538. The van der Waals surface area contributed by atoms with Gasteiger partial charge >= 0.3 is 6.09 Å². The van der Waals surface area contributed by atoms with E-state index in [9.17, 15) is 4.79 Å². The molecular weight excluding hydrogens is 383 g/mol. The van der Waals surface area contributed by atoms with Crippen molar-refractivity contribution in [3.05, 3.63) is 88.9 Å². The molecule has 0 saturated heterocycles. The monoisotopic (exact) mass is 402 g/mol. The highest BCUT2D eigenvalue weighted by Crippen LogP contribution is 2.25. The van der Waals surface area contributed by atoms with Crippen LogP contribution < -0.4 is 14.9 Å². The molecule has 0 saturated carbocycles. The van der Waals surface area contributed by atoms with Crippen molar-refractivity contribution in [2.24, 2.45) is 0 Å². The number of nitrogens with zero attached hydrogens (tertiary/aromatic N) is 1. The van der Waals surface area contributed by atoms with Gasteiger partial charge < -0.3 is 10.5 Å². The van der Waals surface area contributed by atoms with Crippen molar-refractivity contribution in [3.8, 4) is 5.75 Å². The average molecular weight is 403 g/mol. The Kier molecular flexibility index (Phi) is 7.53. The molecule has 2 N–H and O–H groups in total. The number of halogens is 2. The predicted molar refractivity (Wildman–Crippen MR) is 113 cm³/mol. The van der Waals surface area contributed by atoms with Gasteiger partial charge in [-0.15, -0.1) is 0 Å². The van der Waals surface area contributed by atoms with Crippen LogP contribution in [0.3, 0.4) is 0 Å². The number of carbonyl (C=O) groups is 1. The van der Waals surface area contributed by atoms with Crippen LogP contribution in [0.5, 0.6) is 5.75 Å². The third kappa shape index (κ3) is 6.51. The van der Waals surface area contributed by atoms with Crippen molar-refractivity contribution < 1.29 is 9.53 Å². The molecule has 0 aliphatic heterocycles. The van der Waals surface area contributed by atoms with E-state index in [1.807, 2.05) is 44.2 Å². The van der Waals surface area contributed by atoms with Crippen LogP contribution in [0.25, 0.3) is 0 Å². The van der Waals surface area contributed by atoms with E-state index in [1.54, 1.807) is 42.5 Å². The van der Waals surface area contributed by atoms with Crippen LogP contribution in [0.1, 0.15) is 11.1 Å². The van der Waals surface area contributed by atoms with Crippen molar-refractivity contribution in [1.29, 1.82) is 0 Å². The Morgan fingerprint density at radius 1 is 0.963 bits per heavy atom. The Morgan fingerprint density at radius 3 is 2.15 bits per heavy atom. The summed E-state index contributed by atoms with van der Waals surface area (Å²) in [5.41, 5.74) is 8.87. The smallest absolute Gasteiger partial charge is 0.409 e. The van der Waals surface area contributed by atoms with Gasteiger partial charge in [0.2, 0.25) is 0 Å². The van der Waals surface area contributed by atoms with Gasteiger partial charge in [-0.3, -0.25) is 0 Å². The van der Waals surface area contributed by atoms with E-state index in [-0.39, 0.29) is 0 Å². The molecule has 1 amide bonds. The van der Waals surface area contributed by atoms with E-state index in [0.717, 1.165) is 15.7 Å². The molecule has 3 aromatic carbocycles. The van der Waals surface area contributed by atoms with Gasteiger partial charge in [-0.05, 0) is 55.8 Å². The molecule has 0 radical (unpaired) electrons. The highest BCUT2D eigenvalue weighted by atomic mass is 35.5. The number of carbonyl (C=O) groups excluding carboxylic acids is 1. The van der Waals surface area contributed by atoms with E-state index in [1.165, 1.54) is 5.56 Å². The quantitative estimate of drug-likeness (QED) is 0.399. The van der Waals surface area contributed by atoms with Gasteiger partial charge in [0.1, 0.15) is 5.75 Å². The molecule has 27 heavy (non-hydrogen) atoms. The fraction of sp³-hybridized carbons (Fsp3) is 0.0952. The zero-order chi connectivity index (χ0) is 19.8. The SMILES string of the molecule is Cc1ccc(N(Cl)C(=O)Oc2ccccc2)cc1Cl.Cc1ccc(N)cc1. The van der Waals surface area contributed by atoms with Crippen molar-refractivity contribution in [2.45, 2.75) is 13.8 Å². The molecule has 0 atom stereocenters. The molecule has 4 nitrogen and oxygen atoms in total. The number of hydrogen-bond acceptors (Lipinski definition) is 3. The molecule has 0 aliphatic carbocycles. The van der Waals surface area contributed by atoms with Crippen molar-refractivity contribution in [3.63, 3.8) is 0 Å². The number of ether oxygens (including phenoxy) is 1. The summed E-state index contributed by atoms with van der Waals surface area (Å²) in [6.07, 6.45) is -0.687. The van der Waals surface area contributed by atoms with Gasteiger partial charge in [-0.2, -0.15) is 4.42 Å². The lowest BCUT2D eigenvalue weighted by Crippen LogP contribution is -2.24. The minimum atomic E-state index is -0.687.